The molecule has 0 amide bonds. The molecule has 2 N–H and O–H groups in total. The largest absolute Gasteiger partial charge is 0.381 e. The van der Waals surface area contributed by atoms with Crippen molar-refractivity contribution in [1.29, 1.82) is 0 Å². The van der Waals surface area contributed by atoms with Gasteiger partial charge in [0.05, 0.1) is 6.10 Å². The van der Waals surface area contributed by atoms with Crippen molar-refractivity contribution < 1.29 is 4.74 Å². The lowest BCUT2D eigenvalue weighted by Gasteiger charge is -2.09. The summed E-state index contributed by atoms with van der Waals surface area (Å²) < 4.78 is 5.06. The number of hydrogen-bond acceptors (Lipinski definition) is 2. The van der Waals surface area contributed by atoms with E-state index in [1.807, 2.05) is 0 Å². The predicted molar refractivity (Wildman–Crippen MR) is 34.8 cm³/mol. The molecule has 0 aliphatic carbocycles. The Kier molecular flexibility index (Phi) is 5.01. The molecule has 50 valence electrons. The quantitative estimate of drug-likeness (QED) is 0.590. The lowest BCUT2D eigenvalue weighted by Crippen LogP contribution is -2.14. The minimum atomic E-state index is 0.375. The van der Waals surface area contributed by atoms with Gasteiger partial charge in [-0.25, -0.2) is 0 Å². The van der Waals surface area contributed by atoms with Gasteiger partial charge in [-0.05, 0) is 19.4 Å². The first kappa shape index (κ1) is 7.92. The molecule has 0 rings (SSSR count). The third-order valence-corrected chi connectivity index (χ3v) is 1.28. The van der Waals surface area contributed by atoms with Crippen molar-refractivity contribution in [3.8, 4) is 0 Å². The first-order valence-electron chi connectivity index (χ1n) is 3.08. The number of hydrogen-bond donors (Lipinski definition) is 1. The highest BCUT2D eigenvalue weighted by Crippen LogP contribution is 1.98. The van der Waals surface area contributed by atoms with Gasteiger partial charge in [0, 0.05) is 7.11 Å². The number of ether oxygens (including phenoxy) is 1. The molecule has 0 aliphatic rings. The van der Waals surface area contributed by atoms with Crippen LogP contribution < -0.4 is 5.73 Å². The summed E-state index contributed by atoms with van der Waals surface area (Å²) in [6.07, 6.45) is 2.42. The van der Waals surface area contributed by atoms with Crippen LogP contribution in [0.4, 0.5) is 0 Å². The zero-order valence-electron chi connectivity index (χ0n) is 5.68. The molecule has 0 unspecified atom stereocenters. The monoisotopic (exact) mass is 117 g/mol. The lowest BCUT2D eigenvalue weighted by molar-refractivity contribution is 0.0942. The van der Waals surface area contributed by atoms with E-state index >= 15 is 0 Å². The molecule has 0 saturated heterocycles. The first-order chi connectivity index (χ1) is 3.85. The Labute approximate surface area is 51.0 Å². The summed E-state index contributed by atoms with van der Waals surface area (Å²) >= 11 is 0. The molecule has 2 heteroatoms. The molecule has 0 aliphatic heterocycles. The average molecular weight is 117 g/mol. The maximum atomic E-state index is 5.30. The molecule has 2 nitrogen and oxygen atoms in total. The van der Waals surface area contributed by atoms with E-state index in [9.17, 15) is 0 Å². The molecule has 0 aromatic heterocycles. The average Bonchev–Trinajstić information content (AvgIpc) is 1.83. The lowest BCUT2D eigenvalue weighted by atomic mass is 10.2. The van der Waals surface area contributed by atoms with Crippen LogP contribution in [-0.2, 0) is 4.74 Å². The van der Waals surface area contributed by atoms with Gasteiger partial charge in [-0.1, -0.05) is 6.92 Å². The normalized spacial score (nSPS) is 13.9. The van der Waals surface area contributed by atoms with Crippen LogP contribution in [0, 0.1) is 0 Å². The molecule has 0 heterocycles. The zero-order valence-corrected chi connectivity index (χ0v) is 5.68. The third kappa shape index (κ3) is 2.99. The Morgan fingerprint density at radius 2 is 2.25 bits per heavy atom. The van der Waals surface area contributed by atoms with Crippen LogP contribution in [0.5, 0.6) is 0 Å². The van der Waals surface area contributed by atoms with Gasteiger partial charge in [0.2, 0.25) is 0 Å². The van der Waals surface area contributed by atoms with Gasteiger partial charge in [-0.15, -0.1) is 0 Å². The van der Waals surface area contributed by atoms with Gasteiger partial charge in [-0.3, -0.25) is 0 Å². The zero-order chi connectivity index (χ0) is 6.41. The van der Waals surface area contributed by atoms with E-state index in [0.29, 0.717) is 6.10 Å². The molecule has 0 aromatic rings. The Hall–Kier alpha value is -0.0800. The van der Waals surface area contributed by atoms with E-state index in [2.05, 4.69) is 6.92 Å². The fourth-order valence-electron chi connectivity index (χ4n) is 0.675. The fourth-order valence-corrected chi connectivity index (χ4v) is 0.675. The van der Waals surface area contributed by atoms with Crippen LogP contribution in [0.25, 0.3) is 0 Å². The van der Waals surface area contributed by atoms with Gasteiger partial charge in [0.1, 0.15) is 0 Å². The third-order valence-electron chi connectivity index (χ3n) is 1.28. The number of methoxy groups -OCH3 is 1. The predicted octanol–water partition coefficient (Wildman–Crippen LogP) is 0.760. The molecule has 0 aromatic carbocycles. The fraction of sp³-hybridized carbons (Fsp3) is 1.00. The Bertz CT molecular complexity index is 43.8. The molecule has 8 heavy (non-hydrogen) atoms. The van der Waals surface area contributed by atoms with Crippen molar-refractivity contribution in [3.63, 3.8) is 0 Å². The van der Waals surface area contributed by atoms with Crippen molar-refractivity contribution in [3.05, 3.63) is 0 Å². The smallest absolute Gasteiger partial charge is 0.0580 e. The minimum Gasteiger partial charge on any atom is -0.381 e. The summed E-state index contributed by atoms with van der Waals surface area (Å²) in [4.78, 5) is 0. The molecule has 0 fully saturated rings. The molecular formula is C6H15NO. The highest BCUT2D eigenvalue weighted by Gasteiger charge is 1.99. The highest BCUT2D eigenvalue weighted by molar-refractivity contribution is 4.53. The van der Waals surface area contributed by atoms with Crippen LogP contribution in [-0.4, -0.2) is 19.8 Å². The molecule has 0 bridgehead atoms. The van der Waals surface area contributed by atoms with Crippen molar-refractivity contribution >= 4 is 0 Å². The second-order valence-electron chi connectivity index (χ2n) is 1.84. The molecule has 0 spiro atoms. The van der Waals surface area contributed by atoms with E-state index in [4.69, 9.17) is 10.5 Å². The molecular weight excluding hydrogens is 102 g/mol. The Morgan fingerprint density at radius 3 is 2.38 bits per heavy atom. The highest BCUT2D eigenvalue weighted by atomic mass is 16.5. The summed E-state index contributed by atoms with van der Waals surface area (Å²) in [5.41, 5.74) is 5.30. The maximum Gasteiger partial charge on any atom is 0.0580 e. The first-order valence-corrected chi connectivity index (χ1v) is 3.08. The van der Waals surface area contributed by atoms with Crippen molar-refractivity contribution in [1.82, 2.24) is 0 Å². The van der Waals surface area contributed by atoms with E-state index < -0.39 is 0 Å². The van der Waals surface area contributed by atoms with E-state index in [-0.39, 0.29) is 0 Å². The van der Waals surface area contributed by atoms with Gasteiger partial charge >= 0.3 is 0 Å². The van der Waals surface area contributed by atoms with Gasteiger partial charge in [0.25, 0.3) is 0 Å². The second-order valence-corrected chi connectivity index (χ2v) is 1.84. The standard InChI is InChI=1S/C6H15NO/c1-3-6(8-2)4-5-7/h6H,3-5,7H2,1-2H3/t6-/m1/s1. The van der Waals surface area contributed by atoms with Crippen molar-refractivity contribution in [2.75, 3.05) is 13.7 Å². The molecule has 0 saturated carbocycles. The van der Waals surface area contributed by atoms with Crippen LogP contribution in [0.1, 0.15) is 19.8 Å². The van der Waals surface area contributed by atoms with Gasteiger partial charge in [-0.2, -0.15) is 0 Å². The minimum absolute atomic E-state index is 0.375. The van der Waals surface area contributed by atoms with E-state index in [1.165, 1.54) is 0 Å². The van der Waals surface area contributed by atoms with Crippen molar-refractivity contribution in [2.45, 2.75) is 25.9 Å². The summed E-state index contributed by atoms with van der Waals surface area (Å²) in [7, 11) is 1.73. The van der Waals surface area contributed by atoms with Gasteiger partial charge in [0.15, 0.2) is 0 Å². The van der Waals surface area contributed by atoms with Crippen LogP contribution in [0.2, 0.25) is 0 Å². The maximum absolute atomic E-state index is 5.30. The summed E-state index contributed by atoms with van der Waals surface area (Å²) in [6.45, 7) is 2.83. The van der Waals surface area contributed by atoms with Gasteiger partial charge < -0.3 is 10.5 Å². The van der Waals surface area contributed by atoms with Crippen LogP contribution in [0.15, 0.2) is 0 Å². The summed E-state index contributed by atoms with van der Waals surface area (Å²) in [5.74, 6) is 0. The Balaban J connectivity index is 3.07. The van der Waals surface area contributed by atoms with Crippen molar-refractivity contribution in [2.24, 2.45) is 5.73 Å². The topological polar surface area (TPSA) is 35.2 Å². The molecule has 1 atom stereocenters. The van der Waals surface area contributed by atoms with Crippen LogP contribution >= 0.6 is 0 Å². The Morgan fingerprint density at radius 1 is 1.62 bits per heavy atom. The summed E-state index contributed by atoms with van der Waals surface area (Å²) in [6, 6.07) is 0. The van der Waals surface area contributed by atoms with Crippen LogP contribution in [0.3, 0.4) is 0 Å². The SMILES string of the molecule is CC[C@H](CCN)OC. The summed E-state index contributed by atoms with van der Waals surface area (Å²) in [5, 5.41) is 0. The molecule has 0 radical (unpaired) electrons. The van der Waals surface area contributed by atoms with E-state index in [1.54, 1.807) is 7.11 Å². The number of nitrogens with two attached hydrogens (primary N) is 1. The second kappa shape index (κ2) is 5.06. The van der Waals surface area contributed by atoms with E-state index in [0.717, 1.165) is 19.4 Å². The number of rotatable bonds is 4.